The van der Waals surface area contributed by atoms with E-state index in [0.29, 0.717) is 6.42 Å². The Morgan fingerprint density at radius 1 is 1.47 bits per heavy atom. The van der Waals surface area contributed by atoms with Crippen molar-refractivity contribution >= 4 is 16.1 Å². The van der Waals surface area contributed by atoms with Crippen molar-refractivity contribution in [3.05, 3.63) is 12.2 Å². The van der Waals surface area contributed by atoms with Gasteiger partial charge in [0.2, 0.25) is 6.10 Å². The maximum absolute atomic E-state index is 12.3. The largest absolute Gasteiger partial charge is 0.448 e. The fraction of sp³-hybridized carbons (Fsp3) is 0.625. The predicted molar refractivity (Wildman–Crippen MR) is 51.8 cm³/mol. The number of carbonyl (C=O) groups is 1. The summed E-state index contributed by atoms with van der Waals surface area (Å²) in [6, 6.07) is 0. The Kier molecular flexibility index (Phi) is 5.62. The Hall–Kier alpha value is -1.09. The van der Waals surface area contributed by atoms with Crippen LogP contribution >= 0.6 is 0 Å². The molecule has 1 atom stereocenters. The van der Waals surface area contributed by atoms with E-state index in [1.54, 1.807) is 6.92 Å². The van der Waals surface area contributed by atoms with Gasteiger partial charge < -0.3 is 4.74 Å². The SMILES string of the molecule is CC/C=C/C(=O)OC(CS(=O)(=O)O)C(F)(F)F. The number of ether oxygens (including phenoxy) is 1. The molecule has 0 bridgehead atoms. The van der Waals surface area contributed by atoms with E-state index in [1.807, 2.05) is 0 Å². The van der Waals surface area contributed by atoms with Gasteiger partial charge in [-0.05, 0) is 6.42 Å². The van der Waals surface area contributed by atoms with Crippen molar-refractivity contribution in [2.24, 2.45) is 0 Å². The molecule has 0 saturated carbocycles. The minimum absolute atomic E-state index is 0.407. The first-order valence-electron chi connectivity index (χ1n) is 4.45. The molecule has 0 rings (SSSR count). The van der Waals surface area contributed by atoms with Gasteiger partial charge in [-0.3, -0.25) is 4.55 Å². The molecule has 17 heavy (non-hydrogen) atoms. The van der Waals surface area contributed by atoms with E-state index >= 15 is 0 Å². The second-order valence-electron chi connectivity index (χ2n) is 3.03. The minimum atomic E-state index is -5.06. The van der Waals surface area contributed by atoms with E-state index in [0.717, 1.165) is 6.08 Å². The van der Waals surface area contributed by atoms with Gasteiger partial charge in [0.25, 0.3) is 10.1 Å². The lowest BCUT2D eigenvalue weighted by molar-refractivity contribution is -0.212. The van der Waals surface area contributed by atoms with Crippen molar-refractivity contribution < 1.29 is 35.7 Å². The smallest absolute Gasteiger partial charge is 0.426 e. The molecule has 0 fully saturated rings. The summed E-state index contributed by atoms with van der Waals surface area (Å²) >= 11 is 0. The minimum Gasteiger partial charge on any atom is -0.448 e. The third-order valence-corrected chi connectivity index (χ3v) is 2.20. The van der Waals surface area contributed by atoms with Crippen LogP contribution in [0.1, 0.15) is 13.3 Å². The Balaban J connectivity index is 4.74. The van der Waals surface area contributed by atoms with Crippen LogP contribution in [0.3, 0.4) is 0 Å². The molecule has 0 spiro atoms. The van der Waals surface area contributed by atoms with Crippen LogP contribution in [0.2, 0.25) is 0 Å². The van der Waals surface area contributed by atoms with E-state index in [-0.39, 0.29) is 0 Å². The first-order valence-corrected chi connectivity index (χ1v) is 6.06. The average Bonchev–Trinajstić information content (AvgIpc) is 2.10. The van der Waals surface area contributed by atoms with Gasteiger partial charge in [-0.1, -0.05) is 13.0 Å². The third-order valence-electron chi connectivity index (χ3n) is 1.48. The molecule has 0 aromatic carbocycles. The molecule has 100 valence electrons. The maximum atomic E-state index is 12.3. The monoisotopic (exact) mass is 276 g/mol. The highest BCUT2D eigenvalue weighted by molar-refractivity contribution is 7.85. The van der Waals surface area contributed by atoms with E-state index < -0.39 is 34.1 Å². The standard InChI is InChI=1S/C8H11F3O5S/c1-2-3-4-7(12)16-6(8(9,10)11)5-17(13,14)15/h3-4,6H,2,5H2,1H3,(H,13,14,15)/b4-3+. The fourth-order valence-electron chi connectivity index (χ4n) is 0.780. The zero-order valence-corrected chi connectivity index (χ0v) is 9.59. The fourth-order valence-corrected chi connectivity index (χ4v) is 1.42. The summed E-state index contributed by atoms with van der Waals surface area (Å²) in [4.78, 5) is 10.9. The van der Waals surface area contributed by atoms with Crippen LogP contribution in [-0.4, -0.2) is 37.0 Å². The molecule has 1 unspecified atom stereocenters. The summed E-state index contributed by atoms with van der Waals surface area (Å²) in [7, 11) is -4.89. The van der Waals surface area contributed by atoms with E-state index in [1.165, 1.54) is 6.08 Å². The lowest BCUT2D eigenvalue weighted by Crippen LogP contribution is -2.39. The number of rotatable bonds is 5. The Labute approximate surface area is 96.0 Å². The number of hydrogen-bond acceptors (Lipinski definition) is 4. The molecule has 5 nitrogen and oxygen atoms in total. The molecule has 0 aromatic heterocycles. The van der Waals surface area contributed by atoms with Crippen LogP contribution in [0.25, 0.3) is 0 Å². The van der Waals surface area contributed by atoms with E-state index in [2.05, 4.69) is 4.74 Å². The van der Waals surface area contributed by atoms with E-state index in [4.69, 9.17) is 4.55 Å². The van der Waals surface area contributed by atoms with Crippen LogP contribution in [0.15, 0.2) is 12.2 Å². The molecular formula is C8H11F3O5S. The third kappa shape index (κ3) is 7.75. The molecular weight excluding hydrogens is 265 g/mol. The normalized spacial score (nSPS) is 14.9. The summed E-state index contributed by atoms with van der Waals surface area (Å²) in [5.74, 6) is -3.04. The highest BCUT2D eigenvalue weighted by Crippen LogP contribution is 2.24. The highest BCUT2D eigenvalue weighted by atomic mass is 32.2. The van der Waals surface area contributed by atoms with Crippen LogP contribution in [-0.2, 0) is 19.6 Å². The average molecular weight is 276 g/mol. The lowest BCUT2D eigenvalue weighted by atomic mass is 10.4. The molecule has 0 aromatic rings. The molecule has 0 aliphatic carbocycles. The van der Waals surface area contributed by atoms with Gasteiger partial charge in [0, 0.05) is 6.08 Å². The summed E-state index contributed by atoms with van der Waals surface area (Å²) < 4.78 is 69.6. The number of esters is 1. The molecule has 0 aliphatic rings. The summed E-state index contributed by atoms with van der Waals surface area (Å²) in [6.45, 7) is 1.64. The van der Waals surface area contributed by atoms with Crippen molar-refractivity contribution in [3.63, 3.8) is 0 Å². The van der Waals surface area contributed by atoms with Crippen LogP contribution < -0.4 is 0 Å². The first-order chi connectivity index (χ1) is 7.56. The Morgan fingerprint density at radius 2 is 2.00 bits per heavy atom. The van der Waals surface area contributed by atoms with Gasteiger partial charge in [-0.25, -0.2) is 4.79 Å². The van der Waals surface area contributed by atoms with Crippen molar-refractivity contribution in [3.8, 4) is 0 Å². The molecule has 0 amide bonds. The van der Waals surface area contributed by atoms with Crippen LogP contribution in [0.5, 0.6) is 0 Å². The van der Waals surface area contributed by atoms with Gasteiger partial charge in [0.15, 0.2) is 0 Å². The molecule has 9 heteroatoms. The molecule has 0 heterocycles. The summed E-state index contributed by atoms with van der Waals surface area (Å²) in [5.41, 5.74) is 0. The second kappa shape index (κ2) is 6.01. The van der Waals surface area contributed by atoms with Crippen molar-refractivity contribution in [2.45, 2.75) is 25.6 Å². The first kappa shape index (κ1) is 15.9. The van der Waals surface area contributed by atoms with E-state index in [9.17, 15) is 26.4 Å². The Bertz CT molecular complexity index is 384. The lowest BCUT2D eigenvalue weighted by Gasteiger charge is -2.18. The highest BCUT2D eigenvalue weighted by Gasteiger charge is 2.45. The maximum Gasteiger partial charge on any atom is 0.426 e. The second-order valence-corrected chi connectivity index (χ2v) is 4.52. The Morgan fingerprint density at radius 3 is 2.35 bits per heavy atom. The van der Waals surface area contributed by atoms with Gasteiger partial charge in [0.1, 0.15) is 5.75 Å². The molecule has 1 N–H and O–H groups in total. The molecule has 0 radical (unpaired) electrons. The number of hydrogen-bond donors (Lipinski definition) is 1. The zero-order valence-electron chi connectivity index (χ0n) is 8.77. The number of allylic oxidation sites excluding steroid dienone is 1. The molecule has 0 saturated heterocycles. The summed E-state index contributed by atoms with van der Waals surface area (Å²) in [5, 5.41) is 0. The zero-order chi connectivity index (χ0) is 13.7. The quantitative estimate of drug-likeness (QED) is 0.465. The van der Waals surface area contributed by atoms with Gasteiger partial charge >= 0.3 is 12.1 Å². The van der Waals surface area contributed by atoms with Gasteiger partial charge in [-0.2, -0.15) is 21.6 Å². The predicted octanol–water partition coefficient (Wildman–Crippen LogP) is 1.31. The van der Waals surface area contributed by atoms with Crippen LogP contribution in [0.4, 0.5) is 13.2 Å². The number of carbonyl (C=O) groups excluding carboxylic acids is 1. The number of alkyl halides is 3. The van der Waals surface area contributed by atoms with Crippen molar-refractivity contribution in [1.29, 1.82) is 0 Å². The topological polar surface area (TPSA) is 80.7 Å². The van der Waals surface area contributed by atoms with Gasteiger partial charge in [-0.15, -0.1) is 0 Å². The van der Waals surface area contributed by atoms with Crippen molar-refractivity contribution in [2.75, 3.05) is 5.75 Å². The van der Waals surface area contributed by atoms with Gasteiger partial charge in [0.05, 0.1) is 0 Å². The number of halogens is 3. The van der Waals surface area contributed by atoms with Crippen molar-refractivity contribution in [1.82, 2.24) is 0 Å². The summed E-state index contributed by atoms with van der Waals surface area (Å²) in [6.07, 6.45) is -5.53. The molecule has 0 aliphatic heterocycles. The van der Waals surface area contributed by atoms with Crippen LogP contribution in [0, 0.1) is 0 Å².